The molecule has 0 aliphatic carbocycles. The normalized spacial score (nSPS) is 7.25. The van der Waals surface area contributed by atoms with Crippen molar-refractivity contribution in [3.8, 4) is 0 Å². The van der Waals surface area contributed by atoms with E-state index in [0.29, 0.717) is 12.3 Å². The van der Waals surface area contributed by atoms with Gasteiger partial charge in [-0.25, -0.2) is 0 Å². The number of thiol groups is 1. The van der Waals surface area contributed by atoms with Crippen LogP contribution in [0.3, 0.4) is 0 Å². The fourth-order valence-corrected chi connectivity index (χ4v) is 0.344. The van der Waals surface area contributed by atoms with Gasteiger partial charge in [-0.15, -0.1) is 0 Å². The molecule has 0 atom stereocenters. The fraction of sp³-hybridized carbons (Fsp3) is 0.750. The molecule has 53 valence electrons. The monoisotopic (exact) mass is 226 g/mol. The Hall–Kier alpha value is 0.560. The van der Waals surface area contributed by atoms with Gasteiger partial charge in [0, 0.05) is 41.6 Å². The molecule has 0 aromatic carbocycles. The van der Waals surface area contributed by atoms with Crippen molar-refractivity contribution in [1.29, 1.82) is 0 Å². The Bertz CT molecular complexity index is 69.1. The molecule has 0 spiro atoms. The van der Waals surface area contributed by atoms with Crippen LogP contribution < -0.4 is 5.32 Å². The fourth-order valence-electron chi connectivity index (χ4n) is 0.232. The second-order valence-corrected chi connectivity index (χ2v) is 1.65. The second kappa shape index (κ2) is 7.56. The molecule has 0 rings (SSSR count). The Morgan fingerprint density at radius 3 is 2.38 bits per heavy atom. The van der Waals surface area contributed by atoms with Crippen molar-refractivity contribution < 1.29 is 27.2 Å². The van der Waals surface area contributed by atoms with Gasteiger partial charge in [0.15, 0.2) is 0 Å². The first-order chi connectivity index (χ1) is 3.27. The van der Waals surface area contributed by atoms with E-state index in [1.807, 2.05) is 0 Å². The van der Waals surface area contributed by atoms with E-state index in [1.54, 1.807) is 0 Å². The Morgan fingerprint density at radius 2 is 2.25 bits per heavy atom. The summed E-state index contributed by atoms with van der Waals surface area (Å²) in [6.45, 7) is 2.15. The predicted octanol–water partition coefficient (Wildman–Crippen LogP) is 0.0498. The van der Waals surface area contributed by atoms with E-state index in [4.69, 9.17) is 0 Å². The third-order valence-electron chi connectivity index (χ3n) is 0.486. The minimum atomic E-state index is 0. The molecule has 0 unspecified atom stereocenters. The molecule has 0 saturated carbocycles. The van der Waals surface area contributed by atoms with E-state index in [2.05, 4.69) is 17.9 Å². The van der Waals surface area contributed by atoms with Crippen LogP contribution in [-0.4, -0.2) is 18.2 Å². The van der Waals surface area contributed by atoms with Crippen molar-refractivity contribution in [3.63, 3.8) is 0 Å². The van der Waals surface area contributed by atoms with Crippen LogP contribution in [0.15, 0.2) is 0 Å². The van der Waals surface area contributed by atoms with E-state index in [0.717, 1.165) is 0 Å². The standard InChI is InChI=1S/C4H9NOS.Ag/c1-4(6)5-2-3-7;/h7H,2-3H2,1H3,(H,5,6);. The van der Waals surface area contributed by atoms with Gasteiger partial charge in [-0.2, -0.15) is 12.6 Å². The zero-order valence-corrected chi connectivity index (χ0v) is 6.95. The summed E-state index contributed by atoms with van der Waals surface area (Å²) in [7, 11) is 0. The maximum absolute atomic E-state index is 10.1. The van der Waals surface area contributed by atoms with Crippen molar-refractivity contribution >= 4 is 18.5 Å². The third kappa shape index (κ3) is 9.75. The number of hydrogen-bond donors (Lipinski definition) is 2. The van der Waals surface area contributed by atoms with Crippen molar-refractivity contribution in [3.05, 3.63) is 0 Å². The Kier molecular flexibility index (Phi) is 10.7. The maximum Gasteiger partial charge on any atom is 0.216 e. The Labute approximate surface area is 70.3 Å². The van der Waals surface area contributed by atoms with Crippen LogP contribution in [0, 0.1) is 0 Å². The van der Waals surface area contributed by atoms with E-state index in [9.17, 15) is 4.79 Å². The van der Waals surface area contributed by atoms with Gasteiger partial charge in [0.25, 0.3) is 0 Å². The molecule has 0 aliphatic rings. The summed E-state index contributed by atoms with van der Waals surface area (Å²) >= 11 is 3.88. The molecule has 8 heavy (non-hydrogen) atoms. The van der Waals surface area contributed by atoms with Gasteiger partial charge in [-0.1, -0.05) is 0 Å². The van der Waals surface area contributed by atoms with Crippen molar-refractivity contribution in [2.24, 2.45) is 0 Å². The average molecular weight is 227 g/mol. The summed E-state index contributed by atoms with van der Waals surface area (Å²) in [5.41, 5.74) is 0. The molecule has 0 bridgehead atoms. The molecule has 4 heteroatoms. The van der Waals surface area contributed by atoms with E-state index in [-0.39, 0.29) is 28.3 Å². The first kappa shape index (κ1) is 11.4. The van der Waals surface area contributed by atoms with Gasteiger partial charge < -0.3 is 5.32 Å². The van der Waals surface area contributed by atoms with Gasteiger partial charge in [-0.05, 0) is 0 Å². The minimum Gasteiger partial charge on any atom is -0.356 e. The summed E-state index contributed by atoms with van der Waals surface area (Å²) < 4.78 is 0. The summed E-state index contributed by atoms with van der Waals surface area (Å²) in [5, 5.41) is 2.58. The molecule has 0 fully saturated rings. The van der Waals surface area contributed by atoms with Crippen LogP contribution in [0.4, 0.5) is 0 Å². The van der Waals surface area contributed by atoms with Crippen LogP contribution in [0.25, 0.3) is 0 Å². The van der Waals surface area contributed by atoms with Crippen molar-refractivity contribution in [2.45, 2.75) is 6.92 Å². The minimum absolute atomic E-state index is 0. The predicted molar refractivity (Wildman–Crippen MR) is 32.5 cm³/mol. The average Bonchev–Trinajstić information content (AvgIpc) is 1.61. The number of rotatable bonds is 2. The topological polar surface area (TPSA) is 29.1 Å². The maximum atomic E-state index is 10.1. The summed E-state index contributed by atoms with van der Waals surface area (Å²) in [6, 6.07) is 0. The number of hydrogen-bond acceptors (Lipinski definition) is 2. The van der Waals surface area contributed by atoms with E-state index >= 15 is 0 Å². The molecule has 0 saturated heterocycles. The number of nitrogens with one attached hydrogen (secondary N) is 1. The molecule has 1 N–H and O–H groups in total. The summed E-state index contributed by atoms with van der Waals surface area (Å²) in [4.78, 5) is 10.1. The number of carbonyl (C=O) groups is 1. The molecule has 1 radical (unpaired) electrons. The second-order valence-electron chi connectivity index (χ2n) is 1.21. The molecular weight excluding hydrogens is 218 g/mol. The first-order valence-electron chi connectivity index (χ1n) is 2.12. The quantitative estimate of drug-likeness (QED) is 0.506. The smallest absolute Gasteiger partial charge is 0.216 e. The molecule has 2 nitrogen and oxygen atoms in total. The van der Waals surface area contributed by atoms with Crippen molar-refractivity contribution in [2.75, 3.05) is 12.3 Å². The Morgan fingerprint density at radius 1 is 1.75 bits per heavy atom. The van der Waals surface area contributed by atoms with Gasteiger partial charge in [0.05, 0.1) is 0 Å². The van der Waals surface area contributed by atoms with Crippen LogP contribution in [-0.2, 0) is 27.2 Å². The zero-order valence-electron chi connectivity index (χ0n) is 4.57. The van der Waals surface area contributed by atoms with E-state index in [1.165, 1.54) is 6.92 Å². The first-order valence-corrected chi connectivity index (χ1v) is 2.76. The van der Waals surface area contributed by atoms with Gasteiger partial charge in [-0.3, -0.25) is 4.79 Å². The number of amides is 1. The Balaban J connectivity index is 0. The summed E-state index contributed by atoms with van der Waals surface area (Å²) in [5.74, 6) is 0.716. The SMILES string of the molecule is CC(=O)NCCS.[Ag]. The molecule has 0 aliphatic heterocycles. The van der Waals surface area contributed by atoms with E-state index < -0.39 is 0 Å². The van der Waals surface area contributed by atoms with Gasteiger partial charge in [0.2, 0.25) is 5.91 Å². The number of carbonyl (C=O) groups excluding carboxylic acids is 1. The molecule has 0 aromatic heterocycles. The molecular formula is C4H9AgNOS. The zero-order chi connectivity index (χ0) is 5.70. The summed E-state index contributed by atoms with van der Waals surface area (Å²) in [6.07, 6.45) is 0. The molecule has 1 amide bonds. The van der Waals surface area contributed by atoms with Crippen LogP contribution >= 0.6 is 12.6 Å². The van der Waals surface area contributed by atoms with Crippen LogP contribution in [0.5, 0.6) is 0 Å². The van der Waals surface area contributed by atoms with Gasteiger partial charge in [0.1, 0.15) is 0 Å². The molecule has 0 aromatic rings. The molecule has 0 heterocycles. The van der Waals surface area contributed by atoms with Gasteiger partial charge >= 0.3 is 0 Å². The van der Waals surface area contributed by atoms with Crippen molar-refractivity contribution in [1.82, 2.24) is 5.32 Å². The van der Waals surface area contributed by atoms with Crippen LogP contribution in [0.2, 0.25) is 0 Å². The third-order valence-corrected chi connectivity index (χ3v) is 0.709. The largest absolute Gasteiger partial charge is 0.356 e. The van der Waals surface area contributed by atoms with Crippen LogP contribution in [0.1, 0.15) is 6.92 Å².